The van der Waals surface area contributed by atoms with E-state index >= 15 is 0 Å². The molecule has 0 radical (unpaired) electrons. The van der Waals surface area contributed by atoms with Gasteiger partial charge in [-0.2, -0.15) is 0 Å². The van der Waals surface area contributed by atoms with Crippen molar-refractivity contribution in [2.75, 3.05) is 13.7 Å². The summed E-state index contributed by atoms with van der Waals surface area (Å²) < 4.78 is 5.26. The van der Waals surface area contributed by atoms with Gasteiger partial charge in [0.1, 0.15) is 11.3 Å². The Bertz CT molecular complexity index is 488. The molecule has 6 heteroatoms. The van der Waals surface area contributed by atoms with Crippen LogP contribution in [0.3, 0.4) is 0 Å². The minimum Gasteiger partial charge on any atom is -0.483 e. The maximum absolute atomic E-state index is 11.7. The number of carboxylic acids is 1. The molecule has 1 N–H and O–H groups in total. The minimum atomic E-state index is -1.15. The second-order valence-corrected chi connectivity index (χ2v) is 4.77. The first-order valence-electron chi connectivity index (χ1n) is 5.74. The van der Waals surface area contributed by atoms with Gasteiger partial charge in [-0.25, -0.2) is 4.79 Å². The summed E-state index contributed by atoms with van der Waals surface area (Å²) in [5.41, 5.74) is -0.0625. The SMILES string of the molecule is CC(C)N(C)C(=O)COc1ccc(Cl)cc1C(=O)O. The van der Waals surface area contributed by atoms with Crippen LogP contribution in [0.25, 0.3) is 0 Å². The van der Waals surface area contributed by atoms with Crippen molar-refractivity contribution in [3.05, 3.63) is 28.8 Å². The first kappa shape index (κ1) is 15.3. The summed E-state index contributed by atoms with van der Waals surface area (Å²) in [4.78, 5) is 24.3. The van der Waals surface area contributed by atoms with Crippen LogP contribution in [0.2, 0.25) is 5.02 Å². The van der Waals surface area contributed by atoms with Crippen LogP contribution >= 0.6 is 11.6 Å². The zero-order valence-corrected chi connectivity index (χ0v) is 11.8. The summed E-state index contributed by atoms with van der Waals surface area (Å²) in [6.45, 7) is 3.54. The van der Waals surface area contributed by atoms with Gasteiger partial charge in [0.15, 0.2) is 6.61 Å². The summed E-state index contributed by atoms with van der Waals surface area (Å²) >= 11 is 5.72. The first-order valence-corrected chi connectivity index (χ1v) is 6.12. The highest BCUT2D eigenvalue weighted by Gasteiger charge is 2.16. The van der Waals surface area contributed by atoms with Crippen LogP contribution in [0.5, 0.6) is 5.75 Å². The molecule has 0 aliphatic rings. The Kier molecular flexibility index (Phi) is 5.18. The number of carbonyl (C=O) groups is 2. The highest BCUT2D eigenvalue weighted by Crippen LogP contribution is 2.23. The molecule has 0 aliphatic carbocycles. The number of nitrogens with zero attached hydrogens (tertiary/aromatic N) is 1. The number of benzene rings is 1. The summed E-state index contributed by atoms with van der Waals surface area (Å²) in [5, 5.41) is 9.32. The number of amides is 1. The van der Waals surface area contributed by atoms with E-state index in [0.29, 0.717) is 5.02 Å². The number of likely N-dealkylation sites (N-methyl/N-ethyl adjacent to an activating group) is 1. The monoisotopic (exact) mass is 285 g/mol. The molecule has 0 aromatic heterocycles. The zero-order valence-electron chi connectivity index (χ0n) is 11.0. The van der Waals surface area contributed by atoms with Gasteiger partial charge in [0.2, 0.25) is 0 Å². The standard InChI is InChI=1S/C13H16ClNO4/c1-8(2)15(3)12(16)7-19-11-5-4-9(14)6-10(11)13(17)18/h4-6,8H,7H2,1-3H3,(H,17,18). The van der Waals surface area contributed by atoms with Crippen LogP contribution < -0.4 is 4.74 Å². The Morgan fingerprint density at radius 1 is 1.42 bits per heavy atom. The van der Waals surface area contributed by atoms with E-state index in [1.807, 2.05) is 13.8 Å². The molecule has 1 aromatic rings. The van der Waals surface area contributed by atoms with Gasteiger partial charge in [-0.1, -0.05) is 11.6 Å². The van der Waals surface area contributed by atoms with E-state index in [1.54, 1.807) is 7.05 Å². The number of hydrogen-bond acceptors (Lipinski definition) is 3. The van der Waals surface area contributed by atoms with Gasteiger partial charge in [-0.15, -0.1) is 0 Å². The molecule has 0 heterocycles. The van der Waals surface area contributed by atoms with E-state index < -0.39 is 5.97 Å². The second kappa shape index (κ2) is 6.43. The van der Waals surface area contributed by atoms with Crippen molar-refractivity contribution >= 4 is 23.5 Å². The molecule has 0 saturated heterocycles. The van der Waals surface area contributed by atoms with Gasteiger partial charge in [-0.05, 0) is 32.0 Å². The van der Waals surface area contributed by atoms with Gasteiger partial charge in [0, 0.05) is 18.1 Å². The Hall–Kier alpha value is -1.75. The van der Waals surface area contributed by atoms with Gasteiger partial charge in [0.25, 0.3) is 5.91 Å². The third-order valence-corrected chi connectivity index (χ3v) is 2.93. The topological polar surface area (TPSA) is 66.8 Å². The minimum absolute atomic E-state index is 0.0558. The van der Waals surface area contributed by atoms with Crippen LogP contribution in [0.1, 0.15) is 24.2 Å². The van der Waals surface area contributed by atoms with E-state index in [-0.39, 0.29) is 29.9 Å². The van der Waals surface area contributed by atoms with E-state index in [1.165, 1.54) is 23.1 Å². The van der Waals surface area contributed by atoms with Crippen molar-refractivity contribution < 1.29 is 19.4 Å². The predicted molar refractivity (Wildman–Crippen MR) is 71.8 cm³/mol. The maximum atomic E-state index is 11.7. The van der Waals surface area contributed by atoms with Gasteiger partial charge < -0.3 is 14.7 Å². The Morgan fingerprint density at radius 2 is 2.05 bits per heavy atom. The molecule has 1 rings (SSSR count). The molecule has 19 heavy (non-hydrogen) atoms. The van der Waals surface area contributed by atoms with Gasteiger partial charge in [0.05, 0.1) is 0 Å². The molecule has 5 nitrogen and oxygen atoms in total. The van der Waals surface area contributed by atoms with Crippen LogP contribution in [-0.2, 0) is 4.79 Å². The lowest BCUT2D eigenvalue weighted by atomic mass is 10.2. The summed E-state index contributed by atoms with van der Waals surface area (Å²) in [5.74, 6) is -1.24. The van der Waals surface area contributed by atoms with E-state index in [2.05, 4.69) is 0 Å². The maximum Gasteiger partial charge on any atom is 0.339 e. The van der Waals surface area contributed by atoms with Crippen molar-refractivity contribution in [2.24, 2.45) is 0 Å². The molecule has 0 spiro atoms. The lowest BCUT2D eigenvalue weighted by molar-refractivity contribution is -0.133. The fraction of sp³-hybridized carbons (Fsp3) is 0.385. The number of carboxylic acid groups (broad SMARTS) is 1. The van der Waals surface area contributed by atoms with Crippen molar-refractivity contribution in [1.29, 1.82) is 0 Å². The number of aromatic carboxylic acids is 1. The molecule has 1 aromatic carbocycles. The fourth-order valence-corrected chi connectivity index (χ4v) is 1.50. The fourth-order valence-electron chi connectivity index (χ4n) is 1.32. The molecule has 0 saturated carbocycles. The zero-order chi connectivity index (χ0) is 14.6. The molecule has 0 fully saturated rings. The molecule has 104 valence electrons. The van der Waals surface area contributed by atoms with Crippen molar-refractivity contribution in [3.63, 3.8) is 0 Å². The lowest BCUT2D eigenvalue weighted by Crippen LogP contribution is -2.36. The smallest absolute Gasteiger partial charge is 0.339 e. The molecule has 0 bridgehead atoms. The largest absolute Gasteiger partial charge is 0.483 e. The third kappa shape index (κ3) is 4.13. The van der Waals surface area contributed by atoms with Crippen molar-refractivity contribution in [2.45, 2.75) is 19.9 Å². The predicted octanol–water partition coefficient (Wildman–Crippen LogP) is 2.28. The van der Waals surface area contributed by atoms with E-state index in [4.69, 9.17) is 21.4 Å². The van der Waals surface area contributed by atoms with E-state index in [0.717, 1.165) is 0 Å². The Labute approximate surface area is 116 Å². The Balaban J connectivity index is 2.78. The number of hydrogen-bond donors (Lipinski definition) is 1. The van der Waals surface area contributed by atoms with Crippen LogP contribution in [0.15, 0.2) is 18.2 Å². The first-order chi connectivity index (χ1) is 8.82. The van der Waals surface area contributed by atoms with Crippen LogP contribution in [0.4, 0.5) is 0 Å². The van der Waals surface area contributed by atoms with Crippen molar-refractivity contribution in [1.82, 2.24) is 4.90 Å². The van der Waals surface area contributed by atoms with Gasteiger partial charge in [-0.3, -0.25) is 4.79 Å². The molecular weight excluding hydrogens is 270 g/mol. The number of halogens is 1. The lowest BCUT2D eigenvalue weighted by Gasteiger charge is -2.21. The molecule has 0 atom stereocenters. The average Bonchev–Trinajstić information content (AvgIpc) is 2.35. The molecule has 0 unspecified atom stereocenters. The van der Waals surface area contributed by atoms with Gasteiger partial charge >= 0.3 is 5.97 Å². The van der Waals surface area contributed by atoms with Crippen LogP contribution in [-0.4, -0.2) is 41.6 Å². The molecular formula is C13H16ClNO4. The highest BCUT2D eigenvalue weighted by molar-refractivity contribution is 6.31. The second-order valence-electron chi connectivity index (χ2n) is 4.33. The number of ether oxygens (including phenoxy) is 1. The van der Waals surface area contributed by atoms with E-state index in [9.17, 15) is 9.59 Å². The number of carbonyl (C=O) groups excluding carboxylic acids is 1. The normalized spacial score (nSPS) is 10.4. The Morgan fingerprint density at radius 3 is 2.58 bits per heavy atom. The summed E-state index contributed by atoms with van der Waals surface area (Å²) in [7, 11) is 1.66. The van der Waals surface area contributed by atoms with Crippen molar-refractivity contribution in [3.8, 4) is 5.75 Å². The van der Waals surface area contributed by atoms with Crippen LogP contribution in [0, 0.1) is 0 Å². The third-order valence-electron chi connectivity index (χ3n) is 2.69. The summed E-state index contributed by atoms with van der Waals surface area (Å²) in [6.07, 6.45) is 0. The number of rotatable bonds is 5. The quantitative estimate of drug-likeness (QED) is 0.901. The highest BCUT2D eigenvalue weighted by atomic mass is 35.5. The average molecular weight is 286 g/mol. The molecule has 0 aliphatic heterocycles. The molecule has 1 amide bonds. The summed E-state index contributed by atoms with van der Waals surface area (Å²) in [6, 6.07) is 4.30.